The van der Waals surface area contributed by atoms with Crippen molar-refractivity contribution >= 4 is 39.5 Å². The normalized spacial score (nSPS) is 12.4. The predicted molar refractivity (Wildman–Crippen MR) is 83.5 cm³/mol. The summed E-state index contributed by atoms with van der Waals surface area (Å²) in [6, 6.07) is 13.6. The Labute approximate surface area is 111 Å². The molecule has 2 aromatic carbocycles. The molecule has 3 rings (SSSR count). The summed E-state index contributed by atoms with van der Waals surface area (Å²) in [5.74, 6) is 7.32. The van der Waals surface area contributed by atoms with Crippen LogP contribution >= 0.6 is 0 Å². The van der Waals surface area contributed by atoms with Crippen LogP contribution in [-0.4, -0.2) is 18.3 Å². The molecule has 0 atom stereocenters. The number of H-pyrrole nitrogens is 1. The summed E-state index contributed by atoms with van der Waals surface area (Å²) in [4.78, 5) is 3.56. The maximum atomic E-state index is 3.56. The summed E-state index contributed by atoms with van der Waals surface area (Å²) in [5, 5.41) is 2.68. The third-order valence-corrected chi connectivity index (χ3v) is 7.91. The molecule has 0 unspecified atom stereocenters. The number of nitrogens with one attached hydrogen (secondary N) is 1. The van der Waals surface area contributed by atoms with Crippen molar-refractivity contribution < 1.29 is 0 Å². The first-order valence-corrected chi connectivity index (χ1v) is 13.8. The van der Waals surface area contributed by atoms with Crippen molar-refractivity contribution in [3.05, 3.63) is 42.0 Å². The molecule has 0 aliphatic heterocycles. The fourth-order valence-corrected chi connectivity index (χ4v) is 4.93. The molecule has 0 saturated heterocycles. The van der Waals surface area contributed by atoms with Crippen molar-refractivity contribution in [3.63, 3.8) is 0 Å². The molecule has 2 heteroatoms. The molecule has 92 valence electrons. The summed E-state index contributed by atoms with van der Waals surface area (Å²) in [5.41, 5.74) is 3.85. The van der Waals surface area contributed by atoms with Gasteiger partial charge in [-0.15, -0.1) is 0 Å². The standard InChI is InChI=1S/C16H19GeN/c1-11-5-7-13-14-8-6-12(17(2,3)4)10-16(14)18-15(13)9-11/h5-10,18H,1-4H3. The van der Waals surface area contributed by atoms with Crippen molar-refractivity contribution in [2.45, 2.75) is 24.2 Å². The average Bonchev–Trinajstić information content (AvgIpc) is 2.63. The Balaban J connectivity index is 2.33. The molecule has 1 nitrogen and oxygen atoms in total. The Kier molecular flexibility index (Phi) is 2.56. The van der Waals surface area contributed by atoms with Crippen molar-refractivity contribution in [2.24, 2.45) is 0 Å². The van der Waals surface area contributed by atoms with Crippen molar-refractivity contribution in [1.29, 1.82) is 0 Å². The van der Waals surface area contributed by atoms with E-state index in [0.717, 1.165) is 0 Å². The fourth-order valence-electron chi connectivity index (χ4n) is 2.49. The molecule has 0 spiro atoms. The number of hydrogen-bond acceptors (Lipinski definition) is 0. The van der Waals surface area contributed by atoms with Gasteiger partial charge in [0.1, 0.15) is 0 Å². The minimum atomic E-state index is -1.73. The second-order valence-corrected chi connectivity index (χ2v) is 16.8. The maximum absolute atomic E-state index is 3.56. The molecule has 0 radical (unpaired) electrons. The Bertz CT molecular complexity index is 732. The molecule has 3 aromatic rings. The van der Waals surface area contributed by atoms with E-state index in [9.17, 15) is 0 Å². The van der Waals surface area contributed by atoms with Gasteiger partial charge in [-0.25, -0.2) is 0 Å². The first kappa shape index (κ1) is 11.8. The van der Waals surface area contributed by atoms with Crippen LogP contribution < -0.4 is 4.40 Å². The zero-order valence-corrected chi connectivity index (χ0v) is 13.6. The van der Waals surface area contributed by atoms with Gasteiger partial charge in [-0.1, -0.05) is 0 Å². The topological polar surface area (TPSA) is 15.8 Å². The molecule has 0 bridgehead atoms. The van der Waals surface area contributed by atoms with Crippen LogP contribution in [0, 0.1) is 6.92 Å². The number of hydrogen-bond donors (Lipinski definition) is 1. The van der Waals surface area contributed by atoms with Crippen LogP contribution in [0.4, 0.5) is 0 Å². The summed E-state index contributed by atoms with van der Waals surface area (Å²) in [6.45, 7) is 2.14. The number of fused-ring (bicyclic) bond motifs is 3. The Morgan fingerprint density at radius 3 is 2.11 bits per heavy atom. The van der Waals surface area contributed by atoms with E-state index in [1.807, 2.05) is 0 Å². The zero-order chi connectivity index (χ0) is 12.9. The number of aromatic amines is 1. The molecular formula is C16H19GeN. The van der Waals surface area contributed by atoms with Gasteiger partial charge >= 0.3 is 111 Å². The summed E-state index contributed by atoms with van der Waals surface area (Å²) < 4.78 is 1.56. The van der Waals surface area contributed by atoms with E-state index in [1.165, 1.54) is 27.4 Å². The van der Waals surface area contributed by atoms with Crippen LogP contribution in [0.15, 0.2) is 36.4 Å². The van der Waals surface area contributed by atoms with Crippen molar-refractivity contribution in [3.8, 4) is 0 Å². The van der Waals surface area contributed by atoms with Gasteiger partial charge in [0.25, 0.3) is 0 Å². The monoisotopic (exact) mass is 299 g/mol. The molecule has 1 aromatic heterocycles. The first-order valence-electron chi connectivity index (χ1n) is 6.48. The molecule has 18 heavy (non-hydrogen) atoms. The van der Waals surface area contributed by atoms with Gasteiger partial charge in [-0.05, 0) is 0 Å². The second-order valence-electron chi connectivity index (χ2n) is 6.18. The fraction of sp³-hybridized carbons (Fsp3) is 0.250. The number of aromatic nitrogens is 1. The first-order chi connectivity index (χ1) is 8.45. The van der Waals surface area contributed by atoms with E-state index < -0.39 is 13.3 Å². The van der Waals surface area contributed by atoms with Crippen molar-refractivity contribution in [2.75, 3.05) is 0 Å². The molecule has 0 amide bonds. The molecule has 0 aliphatic carbocycles. The van der Waals surface area contributed by atoms with Gasteiger partial charge in [0.2, 0.25) is 0 Å². The quantitative estimate of drug-likeness (QED) is 0.649. The SMILES string of the molecule is Cc1ccc2c(c1)[nH]c1c[c]([Ge]([CH3])([CH3])[CH3])ccc12. The van der Waals surface area contributed by atoms with Gasteiger partial charge in [-0.3, -0.25) is 0 Å². The molecule has 0 fully saturated rings. The van der Waals surface area contributed by atoms with E-state index in [0.29, 0.717) is 0 Å². The third-order valence-electron chi connectivity index (χ3n) is 3.62. The second kappa shape index (κ2) is 3.89. The summed E-state index contributed by atoms with van der Waals surface area (Å²) in [7, 11) is 0. The van der Waals surface area contributed by atoms with E-state index in [-0.39, 0.29) is 0 Å². The number of aryl methyl sites for hydroxylation is 1. The zero-order valence-electron chi connectivity index (χ0n) is 11.5. The van der Waals surface area contributed by atoms with Gasteiger partial charge in [0.05, 0.1) is 0 Å². The average molecular weight is 298 g/mol. The van der Waals surface area contributed by atoms with E-state index in [2.05, 4.69) is 65.6 Å². The summed E-state index contributed by atoms with van der Waals surface area (Å²) >= 11 is -1.73. The van der Waals surface area contributed by atoms with Crippen LogP contribution in [0.5, 0.6) is 0 Å². The van der Waals surface area contributed by atoms with Crippen LogP contribution in [0.1, 0.15) is 5.56 Å². The van der Waals surface area contributed by atoms with Crippen molar-refractivity contribution in [1.82, 2.24) is 4.98 Å². The Hall–Kier alpha value is -1.22. The number of benzene rings is 2. The van der Waals surface area contributed by atoms with Gasteiger partial charge in [0, 0.05) is 0 Å². The van der Waals surface area contributed by atoms with Crippen LogP contribution in [0.25, 0.3) is 21.8 Å². The molecule has 0 aliphatic rings. The van der Waals surface area contributed by atoms with E-state index >= 15 is 0 Å². The number of rotatable bonds is 1. The van der Waals surface area contributed by atoms with Gasteiger partial charge < -0.3 is 0 Å². The van der Waals surface area contributed by atoms with Crippen LogP contribution in [-0.2, 0) is 0 Å². The summed E-state index contributed by atoms with van der Waals surface area (Å²) in [6.07, 6.45) is 0. The minimum absolute atomic E-state index is 1.25. The third kappa shape index (κ3) is 1.87. The van der Waals surface area contributed by atoms with Crippen LogP contribution in [0.2, 0.25) is 17.3 Å². The van der Waals surface area contributed by atoms with Gasteiger partial charge in [-0.2, -0.15) is 0 Å². The van der Waals surface area contributed by atoms with E-state index in [4.69, 9.17) is 0 Å². The Morgan fingerprint density at radius 2 is 1.44 bits per heavy atom. The van der Waals surface area contributed by atoms with E-state index in [1.54, 1.807) is 4.40 Å². The van der Waals surface area contributed by atoms with Gasteiger partial charge in [0.15, 0.2) is 0 Å². The molecule has 0 saturated carbocycles. The predicted octanol–water partition coefficient (Wildman–Crippen LogP) is 4.17. The molecule has 1 N–H and O–H groups in total. The molecular weight excluding hydrogens is 279 g/mol. The Morgan fingerprint density at radius 1 is 0.833 bits per heavy atom. The van der Waals surface area contributed by atoms with Crippen LogP contribution in [0.3, 0.4) is 0 Å². The molecule has 1 heterocycles.